The Hall–Kier alpha value is -2.88. The summed E-state index contributed by atoms with van der Waals surface area (Å²) in [4.78, 5) is 54.9. The van der Waals surface area contributed by atoms with Gasteiger partial charge in [-0.2, -0.15) is 0 Å². The lowest BCUT2D eigenvalue weighted by molar-refractivity contribution is -0.525. The topological polar surface area (TPSA) is 207 Å². The molecule has 0 aliphatic rings. The lowest BCUT2D eigenvalue weighted by Gasteiger charge is -2.24. The van der Waals surface area contributed by atoms with Crippen LogP contribution in [0.1, 0.15) is 45.1 Å². The molecular weight excluding hydrogens is 671 g/mol. The number of amides is 2. The molecule has 17 heteroatoms. The van der Waals surface area contributed by atoms with E-state index in [9.17, 15) is 24.5 Å². The molecule has 3 atom stereocenters. The Morgan fingerprint density at radius 2 is 1.65 bits per heavy atom. The number of hydrogen-bond acceptors (Lipinski definition) is 9. The number of esters is 1. The van der Waals surface area contributed by atoms with Crippen molar-refractivity contribution in [2.24, 2.45) is 16.5 Å². The molecule has 1 aromatic rings. The maximum atomic E-state index is 13.2. The molecule has 0 spiro atoms. The van der Waals surface area contributed by atoms with Crippen LogP contribution in [0, 0.1) is 10.1 Å². The number of anilines is 1. The summed E-state index contributed by atoms with van der Waals surface area (Å²) in [7, 11) is 0. The van der Waals surface area contributed by atoms with E-state index in [4.69, 9.17) is 39.4 Å². The number of ether oxygens (including phenoxy) is 1. The number of carbonyl (C=O) groups excluding carboxylic acids is 3. The van der Waals surface area contributed by atoms with E-state index in [-0.39, 0.29) is 49.4 Å². The third-order valence-corrected chi connectivity index (χ3v) is 6.38. The van der Waals surface area contributed by atoms with Crippen molar-refractivity contribution in [1.82, 2.24) is 16.1 Å². The molecule has 0 aliphatic heterocycles. The highest BCUT2D eigenvalue weighted by atomic mass is 79.9. The summed E-state index contributed by atoms with van der Waals surface area (Å²) < 4.78 is 5.06. The second kappa shape index (κ2) is 22.6. The van der Waals surface area contributed by atoms with Gasteiger partial charge in [-0.3, -0.25) is 9.59 Å². The van der Waals surface area contributed by atoms with Crippen LogP contribution in [-0.2, 0) is 25.5 Å². The monoisotopic (exact) mass is 712 g/mol. The number of halogens is 3. The Bertz CT molecular complexity index is 1030. The predicted molar refractivity (Wildman–Crippen MR) is 173 cm³/mol. The van der Waals surface area contributed by atoms with Crippen molar-refractivity contribution in [3.8, 4) is 0 Å². The molecule has 1 rings (SSSR count). The molecule has 0 saturated heterocycles. The second-order valence-electron chi connectivity index (χ2n) is 9.28. The molecule has 2 amide bonds. The number of nitro groups is 1. The van der Waals surface area contributed by atoms with E-state index in [1.807, 2.05) is 36.1 Å². The van der Waals surface area contributed by atoms with Gasteiger partial charge in [0, 0.05) is 37.1 Å². The average molecular weight is 714 g/mol. The zero-order valence-electron chi connectivity index (χ0n) is 24.4. The Morgan fingerprint density at radius 1 is 1.05 bits per heavy atom. The number of carbonyl (C=O) groups is 3. The zero-order valence-corrected chi connectivity index (χ0v) is 27.7. The summed E-state index contributed by atoms with van der Waals surface area (Å²) >= 11 is 11.8. The Kier molecular flexibility index (Phi) is 21.1. The molecule has 43 heavy (non-hydrogen) atoms. The quantitative estimate of drug-likeness (QED) is 0.0251. The normalized spacial score (nSPS) is 13.1. The van der Waals surface area contributed by atoms with Crippen LogP contribution < -0.4 is 32.4 Å². The van der Waals surface area contributed by atoms with Gasteiger partial charge in [0.15, 0.2) is 5.03 Å². The van der Waals surface area contributed by atoms with Gasteiger partial charge in [0.2, 0.25) is 11.8 Å². The van der Waals surface area contributed by atoms with Gasteiger partial charge in [0.1, 0.15) is 12.1 Å². The first-order chi connectivity index (χ1) is 20.1. The summed E-state index contributed by atoms with van der Waals surface area (Å²) in [5.41, 5.74) is 15.1. The molecule has 0 unspecified atom stereocenters. The Balaban J connectivity index is 0.0000176. The fraction of sp³-hybridized carbons (Fsp3) is 0.615. The molecule has 1 aromatic carbocycles. The van der Waals surface area contributed by atoms with Crippen molar-refractivity contribution in [3.05, 3.63) is 39.9 Å². The molecule has 244 valence electrons. The van der Waals surface area contributed by atoms with Gasteiger partial charge < -0.3 is 31.7 Å². The number of hydrazine groups is 1. The molecule has 7 N–H and O–H groups in total. The Labute approximate surface area is 272 Å². The van der Waals surface area contributed by atoms with Crippen molar-refractivity contribution >= 4 is 69.6 Å². The van der Waals surface area contributed by atoms with Crippen LogP contribution in [0.2, 0.25) is 0 Å². The molecule has 0 radical (unpaired) electrons. The molecule has 0 saturated carbocycles. The first-order valence-electron chi connectivity index (χ1n) is 13.8. The first kappa shape index (κ1) is 40.1. The minimum atomic E-state index is -1.06. The Morgan fingerprint density at radius 3 is 2.19 bits per heavy atom. The number of hydrogen-bond donors (Lipinski definition) is 5. The van der Waals surface area contributed by atoms with Gasteiger partial charge in [-0.05, 0) is 50.3 Å². The van der Waals surface area contributed by atoms with E-state index < -0.39 is 46.9 Å². The molecule has 0 heterocycles. The molecule has 0 aliphatic carbocycles. The summed E-state index contributed by atoms with van der Waals surface area (Å²) in [6, 6.07) is 4.61. The van der Waals surface area contributed by atoms with Crippen molar-refractivity contribution in [1.29, 1.82) is 0 Å². The first-order valence-corrected chi connectivity index (χ1v) is 14.8. The number of aliphatic imine (C=N–C) groups is 1. The fourth-order valence-corrected chi connectivity index (χ4v) is 4.40. The van der Waals surface area contributed by atoms with Crippen LogP contribution in [0.3, 0.4) is 0 Å². The lowest BCUT2D eigenvalue weighted by atomic mass is 10.0. The van der Waals surface area contributed by atoms with Crippen LogP contribution in [-0.4, -0.2) is 84.9 Å². The number of nitrogens with two attached hydrogens (primary N) is 2. The maximum Gasteiger partial charge on any atom is 0.328 e. The van der Waals surface area contributed by atoms with Gasteiger partial charge in [0.25, 0.3) is 5.96 Å². The standard InChI is InChI=1S/C26H42Cl2N8O6.BrH/c1-3-6-22(25(39)42-4-2)33-24(38)21(7-5-14-31-26(30)34-36(40)41)32-23(37)20(29)17-18-8-10-19(11-9-18)35(15-12-27)16-13-28;/h8-11,20-22H,3-7,12-17,29H2,1-2H3,(H,32,37)(H,33,38)(H3,30,31,34);1H/t20-,21-,22-;/m0./s1. The smallest absolute Gasteiger partial charge is 0.328 e. The summed E-state index contributed by atoms with van der Waals surface area (Å²) in [5.74, 6) is -1.22. The fourth-order valence-electron chi connectivity index (χ4n) is 3.99. The van der Waals surface area contributed by atoms with E-state index in [1.165, 1.54) is 0 Å². The number of benzene rings is 1. The SMILES string of the molecule is Br.CCC[C@H](NC(=O)[C@H](CCCN=C(N)N[N+](=O)[O-])NC(=O)[C@@H](N)Cc1ccc(N(CCCl)CCCl)cc1)C(=O)OCC. The summed E-state index contributed by atoms with van der Waals surface area (Å²) in [6.45, 7) is 5.00. The van der Waals surface area contributed by atoms with E-state index in [0.29, 0.717) is 37.7 Å². The third-order valence-electron chi connectivity index (χ3n) is 6.04. The summed E-state index contributed by atoms with van der Waals surface area (Å²) in [6.07, 6.45) is 1.51. The minimum absolute atomic E-state index is 0. The number of guanidine groups is 1. The van der Waals surface area contributed by atoms with Crippen LogP contribution >= 0.6 is 40.2 Å². The second-order valence-corrected chi connectivity index (χ2v) is 10.0. The van der Waals surface area contributed by atoms with Crippen LogP contribution in [0.5, 0.6) is 0 Å². The molecule has 0 fully saturated rings. The highest BCUT2D eigenvalue weighted by Crippen LogP contribution is 2.16. The van der Waals surface area contributed by atoms with E-state index in [2.05, 4.69) is 15.6 Å². The van der Waals surface area contributed by atoms with Crippen LogP contribution in [0.4, 0.5) is 5.69 Å². The highest BCUT2D eigenvalue weighted by Gasteiger charge is 2.28. The number of rotatable bonds is 20. The number of alkyl halides is 2. The van der Waals surface area contributed by atoms with Gasteiger partial charge >= 0.3 is 5.97 Å². The van der Waals surface area contributed by atoms with Crippen molar-refractivity contribution in [2.45, 2.75) is 64.1 Å². The average Bonchev–Trinajstić information content (AvgIpc) is 2.94. The van der Waals surface area contributed by atoms with E-state index in [0.717, 1.165) is 11.3 Å². The largest absolute Gasteiger partial charge is 0.464 e. The summed E-state index contributed by atoms with van der Waals surface area (Å²) in [5, 5.41) is 15.0. The highest BCUT2D eigenvalue weighted by molar-refractivity contribution is 8.93. The molecule has 0 aromatic heterocycles. The van der Waals surface area contributed by atoms with Gasteiger partial charge in [-0.25, -0.2) is 19.9 Å². The van der Waals surface area contributed by atoms with Crippen molar-refractivity contribution < 1.29 is 24.2 Å². The van der Waals surface area contributed by atoms with E-state index >= 15 is 0 Å². The number of nitrogens with zero attached hydrogens (tertiary/aromatic N) is 3. The van der Waals surface area contributed by atoms with Gasteiger partial charge in [-0.1, -0.05) is 30.9 Å². The van der Waals surface area contributed by atoms with Gasteiger partial charge in [0.05, 0.1) is 12.6 Å². The van der Waals surface area contributed by atoms with Crippen LogP contribution in [0.15, 0.2) is 29.3 Å². The minimum Gasteiger partial charge on any atom is -0.464 e. The molecular formula is C26H43BrCl2N8O6. The van der Waals surface area contributed by atoms with Gasteiger partial charge in [-0.15, -0.1) is 40.2 Å². The van der Waals surface area contributed by atoms with Crippen molar-refractivity contribution in [3.63, 3.8) is 0 Å². The molecule has 0 bridgehead atoms. The lowest BCUT2D eigenvalue weighted by Crippen LogP contribution is -2.55. The predicted octanol–water partition coefficient (Wildman–Crippen LogP) is 1.63. The van der Waals surface area contributed by atoms with E-state index in [1.54, 1.807) is 12.3 Å². The third kappa shape index (κ3) is 16.0. The zero-order chi connectivity index (χ0) is 31.5. The van der Waals surface area contributed by atoms with Crippen LogP contribution in [0.25, 0.3) is 0 Å². The molecule has 14 nitrogen and oxygen atoms in total. The van der Waals surface area contributed by atoms with Crippen molar-refractivity contribution in [2.75, 3.05) is 42.9 Å². The maximum absolute atomic E-state index is 13.2. The number of nitrogens with one attached hydrogen (secondary N) is 3.